The van der Waals surface area contributed by atoms with Gasteiger partial charge in [0.2, 0.25) is 0 Å². The summed E-state index contributed by atoms with van der Waals surface area (Å²) in [7, 11) is 0.631. The molecule has 1 aromatic rings. The third-order valence-electron chi connectivity index (χ3n) is 1.60. The summed E-state index contributed by atoms with van der Waals surface area (Å²) >= 11 is 0. The van der Waals surface area contributed by atoms with Crippen LogP contribution in [0.2, 0.25) is 0 Å². The van der Waals surface area contributed by atoms with Crippen molar-refractivity contribution in [2.45, 2.75) is 19.4 Å². The highest BCUT2D eigenvalue weighted by atomic mass is 16.5. The standard InChI is InChI=1S/C9H13BNO2/c1-7(11)6-8-2-4-9(5-3-8)13-10-12/h2-5,7,12H,6,11H2,1H3/t7-/m1/s1/i7D. The summed E-state index contributed by atoms with van der Waals surface area (Å²) < 4.78 is 12.2. The minimum Gasteiger partial charge on any atom is -0.537 e. The van der Waals surface area contributed by atoms with E-state index in [0.29, 0.717) is 19.9 Å². The molecule has 0 bridgehead atoms. The maximum atomic E-state index is 8.38. The van der Waals surface area contributed by atoms with E-state index in [1.54, 1.807) is 19.1 Å². The molecule has 3 nitrogen and oxygen atoms in total. The van der Waals surface area contributed by atoms with E-state index in [4.69, 9.17) is 16.8 Å². The van der Waals surface area contributed by atoms with Crippen molar-refractivity contribution in [1.82, 2.24) is 0 Å². The third-order valence-corrected chi connectivity index (χ3v) is 1.60. The molecule has 13 heavy (non-hydrogen) atoms. The average Bonchev–Trinajstić information content (AvgIpc) is 2.06. The molecule has 1 radical (unpaired) electrons. The van der Waals surface area contributed by atoms with Crippen molar-refractivity contribution < 1.29 is 11.0 Å². The van der Waals surface area contributed by atoms with Gasteiger partial charge >= 0.3 is 7.69 Å². The van der Waals surface area contributed by atoms with E-state index < -0.39 is 6.02 Å². The Hall–Kier alpha value is -0.995. The van der Waals surface area contributed by atoms with Crippen molar-refractivity contribution in [3.8, 4) is 5.75 Å². The Balaban J connectivity index is 2.64. The van der Waals surface area contributed by atoms with Crippen LogP contribution in [-0.4, -0.2) is 18.7 Å². The van der Waals surface area contributed by atoms with Gasteiger partial charge in [-0.05, 0) is 31.0 Å². The number of hydrogen-bond acceptors (Lipinski definition) is 3. The van der Waals surface area contributed by atoms with E-state index in [9.17, 15) is 0 Å². The van der Waals surface area contributed by atoms with Gasteiger partial charge in [-0.25, -0.2) is 0 Å². The molecule has 0 fully saturated rings. The molecule has 0 aliphatic carbocycles. The summed E-state index contributed by atoms with van der Waals surface area (Å²) in [6, 6.07) is 6.12. The van der Waals surface area contributed by atoms with Crippen LogP contribution in [0.1, 0.15) is 13.9 Å². The fourth-order valence-electron chi connectivity index (χ4n) is 1.07. The number of benzene rings is 1. The second-order valence-electron chi connectivity index (χ2n) is 2.89. The molecule has 0 unspecified atom stereocenters. The van der Waals surface area contributed by atoms with Gasteiger partial charge in [0.1, 0.15) is 0 Å². The van der Waals surface area contributed by atoms with Gasteiger partial charge in [0.25, 0.3) is 0 Å². The van der Waals surface area contributed by atoms with Gasteiger partial charge in [0, 0.05) is 7.39 Å². The lowest BCUT2D eigenvalue weighted by molar-refractivity contribution is 0.453. The van der Waals surface area contributed by atoms with Crippen LogP contribution in [0.5, 0.6) is 5.75 Å². The monoisotopic (exact) mass is 179 g/mol. The van der Waals surface area contributed by atoms with Gasteiger partial charge in [-0.15, -0.1) is 0 Å². The van der Waals surface area contributed by atoms with E-state index in [1.807, 2.05) is 12.1 Å². The minimum absolute atomic E-state index is 0.482. The Morgan fingerprint density at radius 1 is 1.62 bits per heavy atom. The highest BCUT2D eigenvalue weighted by Crippen LogP contribution is 2.12. The third kappa shape index (κ3) is 3.48. The van der Waals surface area contributed by atoms with Crippen molar-refractivity contribution in [3.63, 3.8) is 0 Å². The molecule has 0 amide bonds. The van der Waals surface area contributed by atoms with Crippen LogP contribution < -0.4 is 10.4 Å². The summed E-state index contributed by atoms with van der Waals surface area (Å²) in [4.78, 5) is 0. The van der Waals surface area contributed by atoms with Crippen molar-refractivity contribution in [2.75, 3.05) is 0 Å². The molecule has 0 spiro atoms. The van der Waals surface area contributed by atoms with Gasteiger partial charge < -0.3 is 15.4 Å². The predicted molar refractivity (Wildman–Crippen MR) is 52.4 cm³/mol. The molecular weight excluding hydrogens is 165 g/mol. The van der Waals surface area contributed by atoms with Crippen molar-refractivity contribution in [2.24, 2.45) is 5.73 Å². The molecule has 1 aromatic carbocycles. The number of hydrogen-bond donors (Lipinski definition) is 2. The van der Waals surface area contributed by atoms with Gasteiger partial charge in [-0.1, -0.05) is 12.1 Å². The molecular formula is C9H13BNO2. The zero-order valence-electron chi connectivity index (χ0n) is 8.53. The molecule has 3 N–H and O–H groups in total. The molecule has 1 atom stereocenters. The van der Waals surface area contributed by atoms with E-state index in [0.717, 1.165) is 5.56 Å². The summed E-state index contributed by atoms with van der Waals surface area (Å²) in [5, 5.41) is 8.38. The van der Waals surface area contributed by atoms with Gasteiger partial charge in [0.15, 0.2) is 0 Å². The second kappa shape index (κ2) is 4.89. The lowest BCUT2D eigenvalue weighted by Gasteiger charge is -2.06. The molecule has 0 heterocycles. The van der Waals surface area contributed by atoms with Crippen LogP contribution in [-0.2, 0) is 6.42 Å². The first kappa shape index (κ1) is 8.60. The quantitative estimate of drug-likeness (QED) is 0.661. The molecule has 0 aliphatic rings. The lowest BCUT2D eigenvalue weighted by atomic mass is 10.1. The van der Waals surface area contributed by atoms with E-state index in [2.05, 4.69) is 0 Å². The number of nitrogens with two attached hydrogens (primary N) is 1. The topological polar surface area (TPSA) is 55.5 Å². The molecule has 0 aliphatic heterocycles. The summed E-state index contributed by atoms with van der Waals surface area (Å²) in [5.41, 5.74) is 6.52. The van der Waals surface area contributed by atoms with Crippen LogP contribution in [0.25, 0.3) is 0 Å². The Morgan fingerprint density at radius 2 is 2.23 bits per heavy atom. The number of rotatable bonds is 4. The predicted octanol–water partition coefficient (Wildman–Crippen LogP) is 0.482. The highest BCUT2D eigenvalue weighted by molar-refractivity contribution is 6.17. The zero-order valence-corrected chi connectivity index (χ0v) is 7.53. The average molecular weight is 179 g/mol. The maximum Gasteiger partial charge on any atom is 0.569 e. The Morgan fingerprint density at radius 3 is 2.69 bits per heavy atom. The summed E-state index contributed by atoms with van der Waals surface area (Å²) in [5.74, 6) is 0.556. The smallest absolute Gasteiger partial charge is 0.537 e. The fraction of sp³-hybridized carbons (Fsp3) is 0.333. The Labute approximate surface area is 80.2 Å². The normalized spacial score (nSPS) is 15.8. The van der Waals surface area contributed by atoms with Crippen molar-refractivity contribution in [3.05, 3.63) is 29.8 Å². The summed E-state index contributed by atoms with van der Waals surface area (Å²) in [6.45, 7) is 1.65. The molecule has 0 aromatic heterocycles. The van der Waals surface area contributed by atoms with Crippen LogP contribution in [0.4, 0.5) is 0 Å². The largest absolute Gasteiger partial charge is 0.569 e. The molecule has 0 saturated heterocycles. The maximum absolute atomic E-state index is 8.38. The van der Waals surface area contributed by atoms with E-state index in [1.165, 1.54) is 0 Å². The highest BCUT2D eigenvalue weighted by Gasteiger charge is 1.98. The SMILES string of the molecule is [2H][C@](C)(N)Cc1ccc(O[B]O)cc1. The lowest BCUT2D eigenvalue weighted by Crippen LogP contribution is -2.17. The van der Waals surface area contributed by atoms with E-state index in [-0.39, 0.29) is 0 Å². The molecule has 1 rings (SSSR count). The van der Waals surface area contributed by atoms with Crippen molar-refractivity contribution >= 4 is 7.69 Å². The van der Waals surface area contributed by atoms with Gasteiger partial charge in [0.05, 0.1) is 5.75 Å². The van der Waals surface area contributed by atoms with Crippen LogP contribution in [0.3, 0.4) is 0 Å². The fourth-order valence-corrected chi connectivity index (χ4v) is 1.07. The first-order chi connectivity index (χ1) is 6.51. The van der Waals surface area contributed by atoms with Gasteiger partial charge in [-0.3, -0.25) is 0 Å². The molecule has 69 valence electrons. The second-order valence-corrected chi connectivity index (χ2v) is 2.89. The molecule has 4 heteroatoms. The van der Waals surface area contributed by atoms with Crippen LogP contribution in [0, 0.1) is 0 Å². The van der Waals surface area contributed by atoms with Crippen molar-refractivity contribution in [1.29, 1.82) is 0 Å². The van der Waals surface area contributed by atoms with Crippen LogP contribution >= 0.6 is 0 Å². The zero-order chi connectivity index (χ0) is 10.6. The minimum atomic E-state index is -0.953. The van der Waals surface area contributed by atoms with Crippen LogP contribution in [0.15, 0.2) is 24.3 Å². The van der Waals surface area contributed by atoms with Gasteiger partial charge in [-0.2, -0.15) is 0 Å². The Kier molecular flexibility index (Phi) is 3.24. The first-order valence-electron chi connectivity index (χ1n) is 4.52. The Bertz CT molecular complexity index is 284. The van der Waals surface area contributed by atoms with E-state index >= 15 is 0 Å². The summed E-state index contributed by atoms with van der Waals surface area (Å²) in [6.07, 6.45) is 0.482. The molecule has 0 saturated carbocycles. The first-order valence-corrected chi connectivity index (χ1v) is 4.02.